The van der Waals surface area contributed by atoms with Gasteiger partial charge in [-0.3, -0.25) is 4.79 Å². The lowest BCUT2D eigenvalue weighted by Gasteiger charge is -2.30. The molecule has 9 nitrogen and oxygen atoms in total. The number of aliphatic hydroxyl groups excluding tert-OH is 1. The van der Waals surface area contributed by atoms with Gasteiger partial charge in [-0.05, 0) is 42.3 Å². The van der Waals surface area contributed by atoms with Crippen molar-refractivity contribution in [2.75, 3.05) is 32.5 Å². The van der Waals surface area contributed by atoms with Crippen LogP contribution in [-0.2, 0) is 27.1 Å². The van der Waals surface area contributed by atoms with Crippen LogP contribution < -0.4 is 16.4 Å². The van der Waals surface area contributed by atoms with Crippen LogP contribution in [0.1, 0.15) is 29.6 Å². The summed E-state index contributed by atoms with van der Waals surface area (Å²) in [6.07, 6.45) is -0.677. The number of nitrogens with one attached hydrogen (secondary N) is 2. The van der Waals surface area contributed by atoms with Crippen molar-refractivity contribution in [1.29, 1.82) is 0 Å². The smallest absolute Gasteiger partial charge is 0.407 e. The molecule has 0 saturated heterocycles. The van der Waals surface area contributed by atoms with Crippen molar-refractivity contribution in [1.82, 2.24) is 14.9 Å². The molecule has 5 N–H and O–H groups in total. The van der Waals surface area contributed by atoms with Gasteiger partial charge in [0, 0.05) is 22.0 Å². The van der Waals surface area contributed by atoms with Crippen LogP contribution in [0.2, 0.25) is 0 Å². The Balaban J connectivity index is 2.11. The molecular weight excluding hydrogens is 452 g/mol. The fraction of sp³-hybridized carbons (Fsp3) is 0.429. The number of thiophene rings is 1. The van der Waals surface area contributed by atoms with E-state index in [9.17, 15) is 18.9 Å². The molecule has 0 aliphatic carbocycles. The topological polar surface area (TPSA) is 134 Å². The number of carbonyl (C=O) groups is 2. The number of carbonyl (C=O) groups excluding carboxylic acids is 2. The third-order valence-electron chi connectivity index (χ3n) is 4.41. The van der Waals surface area contributed by atoms with Crippen molar-refractivity contribution in [2.24, 2.45) is 5.92 Å². The summed E-state index contributed by atoms with van der Waals surface area (Å²) >= 11 is 1.42. The Morgan fingerprint density at radius 3 is 2.47 bits per heavy atom. The van der Waals surface area contributed by atoms with Crippen molar-refractivity contribution < 1.29 is 23.6 Å². The first-order valence-electron chi connectivity index (χ1n) is 10.1. The van der Waals surface area contributed by atoms with E-state index in [1.165, 1.54) is 18.4 Å². The number of hydrogen-bond acceptors (Lipinski definition) is 7. The normalized spacial score (nSPS) is 13.1. The van der Waals surface area contributed by atoms with E-state index in [2.05, 4.69) is 15.4 Å². The molecule has 0 fully saturated rings. The van der Waals surface area contributed by atoms with Crippen LogP contribution in [0.25, 0.3) is 0 Å². The van der Waals surface area contributed by atoms with Gasteiger partial charge in [0.2, 0.25) is 5.91 Å². The molecule has 2 atom stereocenters. The van der Waals surface area contributed by atoms with Crippen LogP contribution in [0.5, 0.6) is 0 Å². The molecule has 1 aromatic heterocycles. The first-order valence-corrected chi connectivity index (χ1v) is 12.0. The molecule has 2 unspecified atom stereocenters. The molecule has 32 heavy (non-hydrogen) atoms. The maximum atomic E-state index is 13.3. The van der Waals surface area contributed by atoms with Gasteiger partial charge in [0.25, 0.3) is 0 Å². The van der Waals surface area contributed by atoms with E-state index in [-0.39, 0.29) is 31.5 Å². The molecule has 0 bridgehead atoms. The Morgan fingerprint density at radius 1 is 1.19 bits per heavy atom. The highest BCUT2D eigenvalue weighted by Gasteiger charge is 2.28. The molecule has 2 amide bonds. The predicted molar refractivity (Wildman–Crippen MR) is 125 cm³/mol. The highest BCUT2D eigenvalue weighted by atomic mass is 32.2. The summed E-state index contributed by atoms with van der Waals surface area (Å²) in [6.45, 7) is 4.45. The molecule has 0 aliphatic rings. The van der Waals surface area contributed by atoms with Crippen LogP contribution in [0.4, 0.5) is 10.5 Å². The minimum Gasteiger partial charge on any atom is -0.453 e. The van der Waals surface area contributed by atoms with Gasteiger partial charge in [-0.25, -0.2) is 13.3 Å². The number of nitrogens with two attached hydrogens (primary N) is 1. The molecule has 0 saturated carbocycles. The maximum Gasteiger partial charge on any atom is 0.407 e. The number of alkyl carbamates (subject to hydrolysis) is 1. The zero-order chi connectivity index (χ0) is 23.7. The van der Waals surface area contributed by atoms with E-state index in [1.807, 2.05) is 26.0 Å². The summed E-state index contributed by atoms with van der Waals surface area (Å²) in [5.74, 6) is -0.127. The number of nitrogen functional groups attached to an aromatic ring is 1. The number of ether oxygens (including phenoxy) is 1. The van der Waals surface area contributed by atoms with Gasteiger partial charge in [-0.1, -0.05) is 13.8 Å². The third kappa shape index (κ3) is 7.59. The Kier molecular flexibility index (Phi) is 10.1. The van der Waals surface area contributed by atoms with Gasteiger partial charge in [0.15, 0.2) is 0 Å². The van der Waals surface area contributed by atoms with E-state index in [0.717, 1.165) is 9.75 Å². The van der Waals surface area contributed by atoms with Crippen molar-refractivity contribution in [2.45, 2.75) is 31.3 Å². The SMILES string of the molecule is COC(=O)NCC(=O)NCc1ccc(C(CO)N(CC(C)C)S(=O)c2ccc(N)cc2)s1. The van der Waals surface area contributed by atoms with Crippen LogP contribution in [-0.4, -0.2) is 52.4 Å². The molecule has 176 valence electrons. The summed E-state index contributed by atoms with van der Waals surface area (Å²) in [5, 5.41) is 15.2. The van der Waals surface area contributed by atoms with Gasteiger partial charge in [-0.15, -0.1) is 11.3 Å². The largest absolute Gasteiger partial charge is 0.453 e. The number of anilines is 1. The average Bonchev–Trinajstić information content (AvgIpc) is 3.24. The Labute approximate surface area is 194 Å². The second-order valence-corrected chi connectivity index (χ2v) is 10.1. The summed E-state index contributed by atoms with van der Waals surface area (Å²) in [4.78, 5) is 25.2. The van der Waals surface area contributed by atoms with Crippen molar-refractivity contribution in [3.8, 4) is 0 Å². The summed E-state index contributed by atoms with van der Waals surface area (Å²) in [6, 6.07) is 10.1. The number of nitrogens with zero attached hydrogens (tertiary/aromatic N) is 1. The standard InChI is InChI=1S/C21H30N4O5S2/c1-14(2)12-25(32(29)17-7-4-15(22)5-8-17)18(13-26)19-9-6-16(31-19)10-23-20(27)11-24-21(28)30-3/h4-9,14,18,26H,10-13,22H2,1-3H3,(H,23,27)(H,24,28). The van der Waals surface area contributed by atoms with Gasteiger partial charge in [-0.2, -0.15) is 0 Å². The number of aliphatic hydroxyl groups is 1. The van der Waals surface area contributed by atoms with E-state index in [4.69, 9.17) is 5.73 Å². The van der Waals surface area contributed by atoms with Crippen molar-refractivity contribution >= 4 is 40.0 Å². The van der Waals surface area contributed by atoms with Gasteiger partial charge >= 0.3 is 6.09 Å². The van der Waals surface area contributed by atoms with E-state index in [0.29, 0.717) is 17.1 Å². The Hall–Kier alpha value is -2.47. The Bertz CT molecular complexity index is 917. The van der Waals surface area contributed by atoms with E-state index in [1.54, 1.807) is 28.6 Å². The molecule has 11 heteroatoms. The zero-order valence-corrected chi connectivity index (χ0v) is 20.0. The molecular formula is C21H30N4O5S2. The van der Waals surface area contributed by atoms with E-state index < -0.39 is 23.1 Å². The lowest BCUT2D eigenvalue weighted by atomic mass is 10.2. The highest BCUT2D eigenvalue weighted by molar-refractivity contribution is 7.82. The fourth-order valence-electron chi connectivity index (χ4n) is 2.85. The van der Waals surface area contributed by atoms with Crippen LogP contribution in [0.15, 0.2) is 41.3 Å². The van der Waals surface area contributed by atoms with Crippen molar-refractivity contribution in [3.05, 3.63) is 46.2 Å². The monoisotopic (exact) mass is 482 g/mol. The van der Waals surface area contributed by atoms with Crippen LogP contribution >= 0.6 is 11.3 Å². The predicted octanol–water partition coefficient (Wildman–Crippen LogP) is 2.02. The fourth-order valence-corrected chi connectivity index (χ4v) is 5.46. The number of methoxy groups -OCH3 is 1. The van der Waals surface area contributed by atoms with E-state index >= 15 is 0 Å². The molecule has 1 heterocycles. The van der Waals surface area contributed by atoms with Crippen LogP contribution in [0.3, 0.4) is 0 Å². The van der Waals surface area contributed by atoms with Gasteiger partial charge in [0.1, 0.15) is 17.5 Å². The summed E-state index contributed by atoms with van der Waals surface area (Å²) in [7, 11) is -0.265. The van der Waals surface area contributed by atoms with Crippen LogP contribution in [0, 0.1) is 5.92 Å². The zero-order valence-electron chi connectivity index (χ0n) is 18.4. The maximum absolute atomic E-state index is 13.3. The lowest BCUT2D eigenvalue weighted by molar-refractivity contribution is -0.120. The second kappa shape index (κ2) is 12.5. The van der Waals surface area contributed by atoms with Crippen molar-refractivity contribution in [3.63, 3.8) is 0 Å². The number of rotatable bonds is 11. The molecule has 2 aromatic rings. The number of benzene rings is 1. The number of hydrogen-bond donors (Lipinski definition) is 4. The summed E-state index contributed by atoms with van der Waals surface area (Å²) in [5.41, 5.74) is 6.34. The molecule has 2 rings (SSSR count). The molecule has 0 spiro atoms. The second-order valence-electron chi connectivity index (χ2n) is 7.44. The molecule has 1 aromatic carbocycles. The van der Waals surface area contributed by atoms with Gasteiger partial charge < -0.3 is 26.2 Å². The average molecular weight is 483 g/mol. The summed E-state index contributed by atoms with van der Waals surface area (Å²) < 4.78 is 19.5. The first-order chi connectivity index (χ1) is 15.2. The number of amides is 2. The first kappa shape index (κ1) is 25.8. The quantitative estimate of drug-likeness (QED) is 0.362. The lowest BCUT2D eigenvalue weighted by Crippen LogP contribution is -2.36. The minimum absolute atomic E-state index is 0.188. The minimum atomic E-state index is -1.49. The highest BCUT2D eigenvalue weighted by Crippen LogP contribution is 2.31. The molecule has 0 aliphatic heterocycles. The Morgan fingerprint density at radius 2 is 1.88 bits per heavy atom. The van der Waals surface area contributed by atoms with Gasteiger partial charge in [0.05, 0.1) is 31.2 Å². The third-order valence-corrected chi connectivity index (χ3v) is 7.10. The molecule has 0 radical (unpaired) electrons.